The van der Waals surface area contributed by atoms with E-state index in [0.717, 1.165) is 33.9 Å². The second-order valence-electron chi connectivity index (χ2n) is 7.24. The van der Waals surface area contributed by atoms with E-state index in [-0.39, 0.29) is 18.3 Å². The Kier molecular flexibility index (Phi) is 8.02. The number of nitrogens with zero attached hydrogens (tertiary/aromatic N) is 3. The first kappa shape index (κ1) is 23.1. The molecule has 156 valence electrons. The van der Waals surface area contributed by atoms with E-state index in [1.165, 1.54) is 5.56 Å². The number of hydrogen-bond acceptors (Lipinski definition) is 5. The maximum atomic E-state index is 13.4. The summed E-state index contributed by atoms with van der Waals surface area (Å²) < 4.78 is 6.53. The number of benzene rings is 2. The summed E-state index contributed by atoms with van der Waals surface area (Å²) in [4.78, 5) is 22.2. The maximum absolute atomic E-state index is 13.4. The molecule has 0 saturated heterocycles. The second kappa shape index (κ2) is 10.1. The zero-order chi connectivity index (χ0) is 20.3. The van der Waals surface area contributed by atoms with Gasteiger partial charge >= 0.3 is 0 Å². The molecular weight excluding hydrogens is 406 g/mol. The smallest absolute Gasteiger partial charge is 0.263 e. The highest BCUT2D eigenvalue weighted by Crippen LogP contribution is 2.33. The number of thiazole rings is 1. The van der Waals surface area contributed by atoms with Crippen molar-refractivity contribution < 1.29 is 9.53 Å². The number of anilines is 1. The molecule has 0 aliphatic carbocycles. The van der Waals surface area contributed by atoms with Crippen LogP contribution in [0.5, 0.6) is 5.75 Å². The lowest BCUT2D eigenvalue weighted by Gasteiger charge is -2.22. The van der Waals surface area contributed by atoms with Crippen LogP contribution in [0.3, 0.4) is 0 Å². The Morgan fingerprint density at radius 1 is 1.14 bits per heavy atom. The summed E-state index contributed by atoms with van der Waals surface area (Å²) in [5.74, 6) is 0.503. The zero-order valence-corrected chi connectivity index (χ0v) is 19.2. The first-order valence-corrected chi connectivity index (χ1v) is 10.2. The molecular formula is C22H28ClN3O2S. The molecule has 29 heavy (non-hydrogen) atoms. The van der Waals surface area contributed by atoms with Crippen molar-refractivity contribution in [3.63, 3.8) is 0 Å². The van der Waals surface area contributed by atoms with Gasteiger partial charge in [0.2, 0.25) is 0 Å². The molecule has 0 bridgehead atoms. The summed E-state index contributed by atoms with van der Waals surface area (Å²) in [6.45, 7) is 5.66. The van der Waals surface area contributed by atoms with Crippen LogP contribution >= 0.6 is 23.7 Å². The Balaban J connectivity index is 0.00000300. The topological polar surface area (TPSA) is 45.7 Å². The molecule has 0 fully saturated rings. The molecule has 0 aliphatic heterocycles. The predicted octanol–water partition coefficient (Wildman–Crippen LogP) is 4.94. The van der Waals surface area contributed by atoms with Gasteiger partial charge in [0, 0.05) is 6.54 Å². The third kappa shape index (κ3) is 5.26. The van der Waals surface area contributed by atoms with Gasteiger partial charge in [-0.25, -0.2) is 4.98 Å². The average molecular weight is 434 g/mol. The number of aryl methyl sites for hydroxylation is 2. The molecule has 2 aromatic carbocycles. The third-order valence-electron chi connectivity index (χ3n) is 4.62. The van der Waals surface area contributed by atoms with Crippen molar-refractivity contribution in [3.05, 3.63) is 53.1 Å². The highest BCUT2D eigenvalue weighted by molar-refractivity contribution is 7.22. The third-order valence-corrected chi connectivity index (χ3v) is 5.64. The number of carbonyl (C=O) groups excluding carboxylic acids is 1. The van der Waals surface area contributed by atoms with Gasteiger partial charge in [0.25, 0.3) is 5.91 Å². The van der Waals surface area contributed by atoms with E-state index in [1.807, 2.05) is 38.4 Å². The largest absolute Gasteiger partial charge is 0.496 e. The maximum Gasteiger partial charge on any atom is 0.263 e. The van der Waals surface area contributed by atoms with E-state index in [2.05, 4.69) is 30.9 Å². The standard InChI is InChI=1S/C22H27N3O2S.ClH/c1-15-13-16(2)20-19(14-15)28-22(23-20)25(12-8-11-24(3)4)21(26)17-9-6-7-10-18(17)27-5;/h6-7,9-10,13-14H,8,11-12H2,1-5H3;1H. The molecule has 5 nitrogen and oxygen atoms in total. The second-order valence-corrected chi connectivity index (χ2v) is 8.25. The van der Waals surface area contributed by atoms with Crippen molar-refractivity contribution >= 4 is 45.0 Å². The lowest BCUT2D eigenvalue weighted by molar-refractivity contribution is 0.0983. The minimum atomic E-state index is -0.0790. The van der Waals surface area contributed by atoms with Crippen LogP contribution in [0.15, 0.2) is 36.4 Å². The molecule has 3 rings (SSSR count). The lowest BCUT2D eigenvalue weighted by atomic mass is 10.1. The molecule has 3 aromatic rings. The van der Waals surface area contributed by atoms with Crippen LogP contribution in [-0.4, -0.2) is 50.1 Å². The summed E-state index contributed by atoms with van der Waals surface area (Å²) in [5.41, 5.74) is 3.86. The van der Waals surface area contributed by atoms with E-state index in [4.69, 9.17) is 9.72 Å². The van der Waals surface area contributed by atoms with Crippen LogP contribution in [0, 0.1) is 13.8 Å². The van der Waals surface area contributed by atoms with Crippen molar-refractivity contribution in [2.24, 2.45) is 0 Å². The number of hydrogen-bond donors (Lipinski definition) is 0. The number of halogens is 1. The molecule has 0 aliphatic rings. The van der Waals surface area contributed by atoms with Crippen LogP contribution < -0.4 is 9.64 Å². The quantitative estimate of drug-likeness (QED) is 0.529. The number of amides is 1. The van der Waals surface area contributed by atoms with Gasteiger partial charge in [0.15, 0.2) is 5.13 Å². The van der Waals surface area contributed by atoms with Gasteiger partial charge in [-0.3, -0.25) is 9.69 Å². The van der Waals surface area contributed by atoms with Crippen LogP contribution in [-0.2, 0) is 0 Å². The van der Waals surface area contributed by atoms with Gasteiger partial charge in [0.05, 0.1) is 22.9 Å². The lowest BCUT2D eigenvalue weighted by Crippen LogP contribution is -2.33. The number of ether oxygens (including phenoxy) is 1. The number of aromatic nitrogens is 1. The molecule has 0 spiro atoms. The summed E-state index contributed by atoms with van der Waals surface area (Å²) in [5, 5.41) is 0.735. The fourth-order valence-electron chi connectivity index (χ4n) is 3.27. The van der Waals surface area contributed by atoms with Gasteiger partial charge in [-0.05, 0) is 70.2 Å². The Hall–Kier alpha value is -2.15. The first-order chi connectivity index (χ1) is 13.4. The van der Waals surface area contributed by atoms with Crippen LogP contribution in [0.4, 0.5) is 5.13 Å². The van der Waals surface area contributed by atoms with Crippen LogP contribution in [0.25, 0.3) is 10.2 Å². The van der Waals surface area contributed by atoms with Crippen molar-refractivity contribution in [3.8, 4) is 5.75 Å². The van der Waals surface area contributed by atoms with Gasteiger partial charge in [-0.2, -0.15) is 0 Å². The summed E-state index contributed by atoms with van der Waals surface area (Å²) in [7, 11) is 5.67. The molecule has 1 amide bonds. The molecule has 0 unspecified atom stereocenters. The fourth-order valence-corrected chi connectivity index (χ4v) is 4.44. The molecule has 0 atom stereocenters. The monoisotopic (exact) mass is 433 g/mol. The number of para-hydroxylation sites is 1. The molecule has 0 N–H and O–H groups in total. The molecule has 1 aromatic heterocycles. The molecule has 0 radical (unpaired) electrons. The van der Waals surface area contributed by atoms with Gasteiger partial charge in [-0.15, -0.1) is 12.4 Å². The minimum Gasteiger partial charge on any atom is -0.496 e. The Morgan fingerprint density at radius 2 is 1.86 bits per heavy atom. The van der Waals surface area contributed by atoms with E-state index >= 15 is 0 Å². The number of rotatable bonds is 7. The summed E-state index contributed by atoms with van der Waals surface area (Å²) in [6.07, 6.45) is 0.863. The van der Waals surface area contributed by atoms with Gasteiger partial charge in [0.1, 0.15) is 5.75 Å². The first-order valence-electron chi connectivity index (χ1n) is 9.38. The summed E-state index contributed by atoms with van der Waals surface area (Å²) in [6, 6.07) is 11.6. The Labute approximate surface area is 182 Å². The molecule has 1 heterocycles. The predicted molar refractivity (Wildman–Crippen MR) is 124 cm³/mol. The van der Waals surface area contributed by atoms with Crippen LogP contribution in [0.1, 0.15) is 27.9 Å². The molecule has 7 heteroatoms. The highest BCUT2D eigenvalue weighted by atomic mass is 35.5. The number of fused-ring (bicyclic) bond motifs is 1. The SMILES string of the molecule is COc1ccccc1C(=O)N(CCCN(C)C)c1nc2c(C)cc(C)cc2s1.Cl. The number of carbonyl (C=O) groups is 1. The Morgan fingerprint density at radius 3 is 2.55 bits per heavy atom. The molecule has 0 saturated carbocycles. The fraction of sp³-hybridized carbons (Fsp3) is 0.364. The van der Waals surface area contributed by atoms with Crippen molar-refractivity contribution in [2.45, 2.75) is 20.3 Å². The summed E-state index contributed by atoms with van der Waals surface area (Å²) >= 11 is 1.57. The van der Waals surface area contributed by atoms with E-state index < -0.39 is 0 Å². The van der Waals surface area contributed by atoms with Crippen LogP contribution in [0.2, 0.25) is 0 Å². The van der Waals surface area contributed by atoms with Gasteiger partial charge in [-0.1, -0.05) is 29.5 Å². The Bertz CT molecular complexity index is 987. The van der Waals surface area contributed by atoms with Crippen molar-refractivity contribution in [1.29, 1.82) is 0 Å². The highest BCUT2D eigenvalue weighted by Gasteiger charge is 2.24. The van der Waals surface area contributed by atoms with E-state index in [9.17, 15) is 4.79 Å². The van der Waals surface area contributed by atoms with Crippen molar-refractivity contribution in [2.75, 3.05) is 39.2 Å². The minimum absolute atomic E-state index is 0. The zero-order valence-electron chi connectivity index (χ0n) is 17.6. The average Bonchev–Trinajstić information content (AvgIpc) is 3.08. The van der Waals surface area contributed by atoms with Crippen molar-refractivity contribution in [1.82, 2.24) is 9.88 Å². The normalized spacial score (nSPS) is 10.8. The number of methoxy groups -OCH3 is 1. The van der Waals surface area contributed by atoms with E-state index in [1.54, 1.807) is 23.3 Å². The van der Waals surface area contributed by atoms with Gasteiger partial charge < -0.3 is 9.64 Å². The van der Waals surface area contributed by atoms with E-state index in [0.29, 0.717) is 17.9 Å².